The summed E-state index contributed by atoms with van der Waals surface area (Å²) in [5, 5.41) is 7.23. The van der Waals surface area contributed by atoms with Gasteiger partial charge in [0.05, 0.1) is 6.10 Å². The normalized spacial score (nSPS) is 14.0. The minimum absolute atomic E-state index is 0.0283. The topological polar surface area (TPSA) is 98.3 Å². The number of nitrogens with one attached hydrogen (secondary N) is 1. The highest BCUT2D eigenvalue weighted by atomic mass is 16.5. The lowest BCUT2D eigenvalue weighted by Crippen LogP contribution is -2.29. The molecule has 0 aliphatic carbocycles. The number of aromatic nitrogens is 3. The Morgan fingerprint density at radius 1 is 1.03 bits per heavy atom. The fourth-order valence-corrected chi connectivity index (χ4v) is 3.66. The van der Waals surface area contributed by atoms with E-state index in [9.17, 15) is 4.79 Å². The predicted octanol–water partition coefficient (Wildman–Crippen LogP) is 4.07. The molecule has 0 radical (unpaired) electrons. The second-order valence-corrected chi connectivity index (χ2v) is 7.92. The van der Waals surface area contributed by atoms with Crippen molar-refractivity contribution in [3.05, 3.63) is 54.1 Å². The van der Waals surface area contributed by atoms with Crippen LogP contribution in [-0.2, 0) is 0 Å². The summed E-state index contributed by atoms with van der Waals surface area (Å²) in [5.41, 5.74) is 8.26. The van der Waals surface area contributed by atoms with Gasteiger partial charge in [0.15, 0.2) is 0 Å². The third kappa shape index (κ3) is 4.96. The molecule has 3 N–H and O–H groups in total. The van der Waals surface area contributed by atoms with Crippen molar-refractivity contribution < 1.29 is 9.53 Å². The van der Waals surface area contributed by atoms with E-state index >= 15 is 0 Å². The molecule has 31 heavy (non-hydrogen) atoms. The van der Waals surface area contributed by atoms with Gasteiger partial charge in [0.1, 0.15) is 5.75 Å². The van der Waals surface area contributed by atoms with Gasteiger partial charge in [0, 0.05) is 30.0 Å². The first-order chi connectivity index (χ1) is 15.0. The molecule has 0 spiro atoms. The maximum Gasteiger partial charge on any atom is 0.281 e. The van der Waals surface area contributed by atoms with Crippen molar-refractivity contribution in [1.29, 1.82) is 0 Å². The molecule has 2 aromatic carbocycles. The molecule has 2 heterocycles. The molecule has 8 nitrogen and oxygen atoms in total. The summed E-state index contributed by atoms with van der Waals surface area (Å²) < 4.78 is 6.82. The van der Waals surface area contributed by atoms with Gasteiger partial charge in [-0.2, -0.15) is 9.67 Å². The van der Waals surface area contributed by atoms with E-state index in [-0.39, 0.29) is 23.9 Å². The molecule has 0 amide bonds. The zero-order chi connectivity index (χ0) is 21.8. The van der Waals surface area contributed by atoms with Crippen LogP contribution in [0.2, 0.25) is 0 Å². The van der Waals surface area contributed by atoms with Crippen LogP contribution >= 0.6 is 0 Å². The average molecular weight is 421 g/mol. The average Bonchev–Trinajstić information content (AvgIpc) is 3.14. The molecule has 1 fully saturated rings. The van der Waals surface area contributed by atoms with Gasteiger partial charge < -0.3 is 20.7 Å². The summed E-state index contributed by atoms with van der Waals surface area (Å²) in [6.07, 6.45) is 3.83. The van der Waals surface area contributed by atoms with Crippen LogP contribution in [0.5, 0.6) is 5.75 Å². The van der Waals surface area contributed by atoms with Gasteiger partial charge in [-0.25, -0.2) is 0 Å². The van der Waals surface area contributed by atoms with Crippen LogP contribution in [0.4, 0.5) is 23.3 Å². The van der Waals surface area contributed by atoms with Gasteiger partial charge >= 0.3 is 0 Å². The van der Waals surface area contributed by atoms with E-state index in [0.29, 0.717) is 11.3 Å². The smallest absolute Gasteiger partial charge is 0.281 e. The number of carbonyl (C=O) groups is 1. The number of anilines is 4. The summed E-state index contributed by atoms with van der Waals surface area (Å²) in [6.45, 7) is 6.09. The number of ether oxygens (including phenoxy) is 1. The number of hydrogen-bond donors (Lipinski definition) is 2. The first-order valence-electron chi connectivity index (χ1n) is 10.7. The van der Waals surface area contributed by atoms with Gasteiger partial charge in [-0.05, 0) is 81.6 Å². The Morgan fingerprint density at radius 3 is 2.35 bits per heavy atom. The predicted molar refractivity (Wildman–Crippen MR) is 122 cm³/mol. The lowest BCUT2D eigenvalue weighted by atomic mass is 10.1. The number of hydrogen-bond acceptors (Lipinski definition) is 7. The lowest BCUT2D eigenvalue weighted by molar-refractivity contribution is 0.0948. The lowest BCUT2D eigenvalue weighted by Gasteiger charge is -2.28. The third-order valence-electron chi connectivity index (χ3n) is 5.13. The third-order valence-corrected chi connectivity index (χ3v) is 5.13. The van der Waals surface area contributed by atoms with Gasteiger partial charge in [-0.1, -0.05) is 0 Å². The molecular formula is C23H28N6O2. The zero-order valence-corrected chi connectivity index (χ0v) is 17.9. The van der Waals surface area contributed by atoms with E-state index < -0.39 is 0 Å². The minimum Gasteiger partial charge on any atom is -0.491 e. The van der Waals surface area contributed by atoms with Gasteiger partial charge in [0.25, 0.3) is 5.91 Å². The van der Waals surface area contributed by atoms with Gasteiger partial charge in [-0.3, -0.25) is 4.79 Å². The molecule has 8 heteroatoms. The molecule has 1 aliphatic heterocycles. The fourth-order valence-electron chi connectivity index (χ4n) is 3.66. The van der Waals surface area contributed by atoms with Crippen molar-refractivity contribution >= 4 is 29.2 Å². The molecule has 4 rings (SSSR count). The molecule has 1 saturated heterocycles. The molecule has 1 aromatic heterocycles. The maximum atomic E-state index is 13.0. The van der Waals surface area contributed by atoms with E-state index in [1.165, 1.54) is 29.6 Å². The molecule has 162 valence electrons. The van der Waals surface area contributed by atoms with Crippen molar-refractivity contribution in [2.45, 2.75) is 39.2 Å². The van der Waals surface area contributed by atoms with Crippen LogP contribution in [0.3, 0.4) is 0 Å². The van der Waals surface area contributed by atoms with Crippen LogP contribution in [0.1, 0.15) is 43.5 Å². The highest BCUT2D eigenvalue weighted by molar-refractivity contribution is 5.97. The van der Waals surface area contributed by atoms with Crippen molar-refractivity contribution in [1.82, 2.24) is 14.8 Å². The number of nitrogens with zero attached hydrogens (tertiary/aromatic N) is 4. The highest BCUT2D eigenvalue weighted by Gasteiger charge is 2.18. The Hall–Kier alpha value is -3.55. The molecular weight excluding hydrogens is 392 g/mol. The number of nitrogens with two attached hydrogens (primary N) is 1. The van der Waals surface area contributed by atoms with E-state index in [4.69, 9.17) is 10.5 Å². The Balaban J connectivity index is 1.50. The van der Waals surface area contributed by atoms with Crippen molar-refractivity contribution in [3.63, 3.8) is 0 Å². The van der Waals surface area contributed by atoms with E-state index in [0.717, 1.165) is 18.8 Å². The van der Waals surface area contributed by atoms with Crippen LogP contribution < -0.4 is 20.7 Å². The summed E-state index contributed by atoms with van der Waals surface area (Å²) >= 11 is 0. The molecule has 1 aliphatic rings. The Labute approximate surface area is 182 Å². The summed E-state index contributed by atoms with van der Waals surface area (Å²) in [6, 6.07) is 15.0. The second kappa shape index (κ2) is 9.07. The van der Waals surface area contributed by atoms with E-state index in [1.807, 2.05) is 26.0 Å². The van der Waals surface area contributed by atoms with Crippen molar-refractivity contribution in [2.24, 2.45) is 0 Å². The Morgan fingerprint density at radius 2 is 1.71 bits per heavy atom. The van der Waals surface area contributed by atoms with Crippen LogP contribution in [0.15, 0.2) is 48.5 Å². The number of rotatable bonds is 6. The SMILES string of the molecule is CC(C)Oc1ccc(C(=O)n2nc(N)nc2Nc2ccc(N3CCCCC3)cc2)cc1. The number of piperidine rings is 1. The zero-order valence-electron chi connectivity index (χ0n) is 17.9. The van der Waals surface area contributed by atoms with Gasteiger partial charge in [0.2, 0.25) is 11.9 Å². The van der Waals surface area contributed by atoms with Crippen LogP contribution in [0, 0.1) is 0 Å². The fraction of sp³-hybridized carbons (Fsp3) is 0.348. The molecule has 0 atom stereocenters. The quantitative estimate of drug-likeness (QED) is 0.620. The second-order valence-electron chi connectivity index (χ2n) is 7.92. The first kappa shape index (κ1) is 20.7. The monoisotopic (exact) mass is 420 g/mol. The largest absolute Gasteiger partial charge is 0.491 e. The van der Waals surface area contributed by atoms with Crippen molar-refractivity contribution in [2.75, 3.05) is 29.0 Å². The van der Waals surface area contributed by atoms with Gasteiger partial charge in [-0.15, -0.1) is 5.10 Å². The highest BCUT2D eigenvalue weighted by Crippen LogP contribution is 2.24. The number of benzene rings is 2. The van der Waals surface area contributed by atoms with Crippen molar-refractivity contribution in [3.8, 4) is 5.75 Å². The number of carbonyl (C=O) groups excluding carboxylic acids is 1. The van der Waals surface area contributed by atoms with E-state index in [1.54, 1.807) is 24.3 Å². The summed E-state index contributed by atoms with van der Waals surface area (Å²) in [7, 11) is 0. The Kier molecular flexibility index (Phi) is 6.06. The van der Waals surface area contributed by atoms with Crippen LogP contribution in [-0.4, -0.2) is 39.9 Å². The molecule has 0 saturated carbocycles. The summed E-state index contributed by atoms with van der Waals surface area (Å²) in [5.74, 6) is 0.681. The molecule has 3 aromatic rings. The standard InChI is InChI=1S/C23H28N6O2/c1-16(2)31-20-12-6-17(7-13-20)21(30)29-23(26-22(24)27-29)25-18-8-10-19(11-9-18)28-14-4-3-5-15-28/h6-13,16H,3-5,14-15H2,1-2H3,(H3,24,25,26,27). The van der Waals surface area contributed by atoms with Crippen LogP contribution in [0.25, 0.3) is 0 Å². The Bertz CT molecular complexity index is 1020. The first-order valence-corrected chi connectivity index (χ1v) is 10.7. The summed E-state index contributed by atoms with van der Waals surface area (Å²) in [4.78, 5) is 19.6. The van der Waals surface area contributed by atoms with E-state index in [2.05, 4.69) is 32.4 Å². The molecule has 0 bridgehead atoms. The minimum atomic E-state index is -0.326. The molecule has 0 unspecified atom stereocenters. The number of nitrogen functional groups attached to an aromatic ring is 1. The maximum absolute atomic E-state index is 13.0.